The second-order valence-electron chi connectivity index (χ2n) is 12.8. The quantitative estimate of drug-likeness (QED) is 0.141. The van der Waals surface area contributed by atoms with Crippen LogP contribution in [0.15, 0.2) is 110 Å². The number of halogens is 2. The van der Waals surface area contributed by atoms with Gasteiger partial charge in [-0.2, -0.15) is 0 Å². The number of rotatable bonds is 14. The first-order valence-electron chi connectivity index (χ1n) is 16.2. The number of aliphatic hydroxyl groups excluding tert-OH is 1. The lowest BCUT2D eigenvalue weighted by atomic mass is 9.84. The molecule has 4 atom stereocenters. The van der Waals surface area contributed by atoms with E-state index in [1.807, 2.05) is 73.7 Å². The van der Waals surface area contributed by atoms with Crippen molar-refractivity contribution in [1.29, 1.82) is 0 Å². The first-order chi connectivity index (χ1) is 22.0. The molecule has 0 heterocycles. The van der Waals surface area contributed by atoms with Gasteiger partial charge < -0.3 is 14.6 Å². The van der Waals surface area contributed by atoms with Gasteiger partial charge in [0.15, 0.2) is 0 Å². The van der Waals surface area contributed by atoms with Crippen molar-refractivity contribution in [3.63, 3.8) is 0 Å². The van der Waals surface area contributed by atoms with Gasteiger partial charge in [0.25, 0.3) is 0 Å². The first-order valence-corrected chi connectivity index (χ1v) is 16.2. The molecule has 0 saturated carbocycles. The Balaban J connectivity index is 0.000000250. The predicted octanol–water partition coefficient (Wildman–Crippen LogP) is 9.97. The van der Waals surface area contributed by atoms with E-state index in [4.69, 9.17) is 9.47 Å². The second kappa shape index (κ2) is 18.3. The number of benzene rings is 4. The van der Waals surface area contributed by atoms with Gasteiger partial charge in [0, 0.05) is 11.8 Å². The highest BCUT2D eigenvalue weighted by Gasteiger charge is 2.27. The van der Waals surface area contributed by atoms with Crippen LogP contribution in [0.25, 0.3) is 0 Å². The van der Waals surface area contributed by atoms with E-state index in [9.17, 15) is 13.9 Å². The molecule has 0 spiro atoms. The summed E-state index contributed by atoms with van der Waals surface area (Å²) in [5, 5.41) is 9.80. The first kappa shape index (κ1) is 36.5. The highest BCUT2D eigenvalue weighted by molar-refractivity contribution is 5.28. The third-order valence-corrected chi connectivity index (χ3v) is 8.40. The van der Waals surface area contributed by atoms with E-state index in [2.05, 4.69) is 41.2 Å². The molecular formula is C41H50F2O3. The monoisotopic (exact) mass is 628 g/mol. The summed E-state index contributed by atoms with van der Waals surface area (Å²) in [6.45, 7) is 16.6. The summed E-state index contributed by atoms with van der Waals surface area (Å²) in [5.41, 5.74) is 4.55. The zero-order valence-corrected chi connectivity index (χ0v) is 28.1. The van der Waals surface area contributed by atoms with Crippen LogP contribution in [0.4, 0.5) is 8.78 Å². The average Bonchev–Trinajstić information content (AvgIpc) is 3.04. The number of hydrogen-bond acceptors (Lipinski definition) is 3. The van der Waals surface area contributed by atoms with Crippen molar-refractivity contribution in [3.05, 3.63) is 144 Å². The molecular weight excluding hydrogens is 578 g/mol. The van der Waals surface area contributed by atoms with Crippen LogP contribution in [-0.2, 0) is 12.8 Å². The zero-order chi connectivity index (χ0) is 33.6. The number of aliphatic hydroxyl groups is 1. The van der Waals surface area contributed by atoms with Crippen LogP contribution in [0, 0.1) is 49.2 Å². The number of hydrogen-bond donors (Lipinski definition) is 1. The van der Waals surface area contributed by atoms with Crippen LogP contribution in [0.2, 0.25) is 0 Å². The maximum atomic E-state index is 13.1. The highest BCUT2D eigenvalue weighted by Crippen LogP contribution is 2.27. The molecule has 4 rings (SSSR count). The fourth-order valence-corrected chi connectivity index (χ4v) is 5.45. The summed E-state index contributed by atoms with van der Waals surface area (Å²) < 4.78 is 38.3. The maximum Gasteiger partial charge on any atom is 0.125 e. The van der Waals surface area contributed by atoms with Crippen LogP contribution in [0.5, 0.6) is 11.5 Å². The Labute approximate surface area is 274 Å². The Bertz CT molecular complexity index is 1430. The molecule has 4 aromatic carbocycles. The molecule has 0 amide bonds. The van der Waals surface area contributed by atoms with E-state index in [0.717, 1.165) is 35.5 Å². The molecule has 0 saturated heterocycles. The van der Waals surface area contributed by atoms with Crippen LogP contribution in [0.3, 0.4) is 0 Å². The van der Waals surface area contributed by atoms with Crippen LogP contribution >= 0.6 is 0 Å². The van der Waals surface area contributed by atoms with Crippen molar-refractivity contribution in [2.45, 2.75) is 66.6 Å². The maximum absolute atomic E-state index is 13.1. The highest BCUT2D eigenvalue weighted by atomic mass is 19.1. The van der Waals surface area contributed by atoms with Crippen molar-refractivity contribution in [3.8, 4) is 11.5 Å². The van der Waals surface area contributed by atoms with Crippen molar-refractivity contribution < 1.29 is 23.4 Å². The smallest absolute Gasteiger partial charge is 0.125 e. The van der Waals surface area contributed by atoms with Gasteiger partial charge in [-0.05, 0) is 98.2 Å². The largest absolute Gasteiger partial charge is 0.488 e. The summed E-state index contributed by atoms with van der Waals surface area (Å²) in [4.78, 5) is 0. The standard InChI is InChI=1S/C21H25FO.C20H25FO2/c1-5-21(23-19-12-6-16(4)7-13-19)20(15(2)3)14-17-8-10-18(22)11-9-17;1-14(2)19(12-16-6-8-17(21)9-7-16)20(13-22)23-18-10-4-15(3)5-11-18/h5-13,15,20-21H,1,14H2,2-4H3;4-11,14,19-20,22H,12-13H2,1-3H3/t20-,21-;19-,20-/m00/s1. The SMILES string of the molecule is C=C[C@H](Oc1ccc(C)cc1)[C@@H](Cc1ccc(F)cc1)C(C)C.Cc1ccc(O[C@@H](CO)[C@@H](Cc2ccc(F)cc2)C(C)C)cc1. The Morgan fingerprint density at radius 2 is 1.00 bits per heavy atom. The molecule has 4 aromatic rings. The molecule has 3 nitrogen and oxygen atoms in total. The van der Waals surface area contributed by atoms with Gasteiger partial charge in [-0.3, -0.25) is 0 Å². The van der Waals surface area contributed by atoms with Crippen LogP contribution < -0.4 is 9.47 Å². The van der Waals surface area contributed by atoms with Crippen molar-refractivity contribution in [1.82, 2.24) is 0 Å². The Morgan fingerprint density at radius 3 is 1.37 bits per heavy atom. The topological polar surface area (TPSA) is 38.7 Å². The van der Waals surface area contributed by atoms with E-state index >= 15 is 0 Å². The average molecular weight is 629 g/mol. The van der Waals surface area contributed by atoms with Gasteiger partial charge in [0.05, 0.1) is 6.61 Å². The molecule has 46 heavy (non-hydrogen) atoms. The van der Waals surface area contributed by atoms with E-state index < -0.39 is 0 Å². The molecule has 0 bridgehead atoms. The molecule has 0 aliphatic carbocycles. The fourth-order valence-electron chi connectivity index (χ4n) is 5.45. The van der Waals surface area contributed by atoms with E-state index in [0.29, 0.717) is 11.8 Å². The summed E-state index contributed by atoms with van der Waals surface area (Å²) in [6.07, 6.45) is 3.08. The third kappa shape index (κ3) is 11.8. The van der Waals surface area contributed by atoms with Crippen LogP contribution in [-0.4, -0.2) is 23.9 Å². The minimum absolute atomic E-state index is 0.0437. The minimum Gasteiger partial charge on any atom is -0.488 e. The summed E-state index contributed by atoms with van der Waals surface area (Å²) in [7, 11) is 0. The van der Waals surface area contributed by atoms with Crippen LogP contribution in [0.1, 0.15) is 49.9 Å². The summed E-state index contributed by atoms with van der Waals surface area (Å²) in [6, 6.07) is 29.1. The second-order valence-corrected chi connectivity index (χ2v) is 12.8. The zero-order valence-electron chi connectivity index (χ0n) is 28.1. The molecule has 0 fully saturated rings. The molecule has 5 heteroatoms. The Kier molecular flexibility index (Phi) is 14.5. The molecule has 0 aliphatic heterocycles. The van der Waals surface area contributed by atoms with E-state index in [1.54, 1.807) is 12.1 Å². The lowest BCUT2D eigenvalue weighted by Gasteiger charge is -2.29. The summed E-state index contributed by atoms with van der Waals surface area (Å²) >= 11 is 0. The van der Waals surface area contributed by atoms with E-state index in [-0.39, 0.29) is 42.3 Å². The molecule has 0 aliphatic rings. The lowest BCUT2D eigenvalue weighted by Crippen LogP contribution is -2.35. The molecule has 1 N–H and O–H groups in total. The minimum atomic E-state index is -0.289. The van der Waals surface area contributed by atoms with Crippen molar-refractivity contribution in [2.24, 2.45) is 23.7 Å². The Hall–Kier alpha value is -3.96. The van der Waals surface area contributed by atoms with Gasteiger partial charge in [-0.1, -0.05) is 100 Å². The third-order valence-electron chi connectivity index (χ3n) is 8.40. The number of aryl methyl sites for hydroxylation is 2. The predicted molar refractivity (Wildman–Crippen MR) is 185 cm³/mol. The van der Waals surface area contributed by atoms with Gasteiger partial charge in [-0.15, -0.1) is 0 Å². The van der Waals surface area contributed by atoms with Gasteiger partial charge in [0.2, 0.25) is 0 Å². The van der Waals surface area contributed by atoms with Crippen molar-refractivity contribution >= 4 is 0 Å². The molecule has 246 valence electrons. The van der Waals surface area contributed by atoms with Gasteiger partial charge in [-0.25, -0.2) is 8.78 Å². The lowest BCUT2D eigenvalue weighted by molar-refractivity contribution is 0.0484. The Morgan fingerprint density at radius 1 is 0.609 bits per heavy atom. The number of ether oxygens (including phenoxy) is 2. The molecule has 0 radical (unpaired) electrons. The van der Waals surface area contributed by atoms with E-state index in [1.165, 1.54) is 35.4 Å². The van der Waals surface area contributed by atoms with Gasteiger partial charge >= 0.3 is 0 Å². The molecule has 0 unspecified atom stereocenters. The fraction of sp³-hybridized carbons (Fsp3) is 0.366. The van der Waals surface area contributed by atoms with Gasteiger partial charge in [0.1, 0.15) is 35.3 Å². The normalized spacial score (nSPS) is 13.7. The molecule has 0 aromatic heterocycles. The van der Waals surface area contributed by atoms with Crippen molar-refractivity contribution in [2.75, 3.05) is 6.61 Å². The summed E-state index contributed by atoms with van der Waals surface area (Å²) in [5.74, 6) is 2.36.